The van der Waals surface area contributed by atoms with Crippen molar-refractivity contribution in [3.8, 4) is 0 Å². The predicted molar refractivity (Wildman–Crippen MR) is 60.1 cm³/mol. The third kappa shape index (κ3) is 2.37. The van der Waals surface area contributed by atoms with Crippen LogP contribution in [0.25, 0.3) is 0 Å². The van der Waals surface area contributed by atoms with E-state index in [9.17, 15) is 14.4 Å². The quantitative estimate of drug-likeness (QED) is 0.739. The molecular formula is C10H15NO4S. The molecule has 0 saturated carbocycles. The van der Waals surface area contributed by atoms with Crippen molar-refractivity contribution in [2.75, 3.05) is 6.54 Å². The van der Waals surface area contributed by atoms with Crippen molar-refractivity contribution in [2.45, 2.75) is 37.2 Å². The van der Waals surface area contributed by atoms with Gasteiger partial charge in [0.15, 0.2) is 0 Å². The van der Waals surface area contributed by atoms with Crippen molar-refractivity contribution in [1.29, 1.82) is 0 Å². The number of nitrogens with zero attached hydrogens (tertiary/aromatic N) is 1. The first-order chi connectivity index (χ1) is 7.29. The zero-order valence-corrected chi connectivity index (χ0v) is 10.3. The first-order valence-corrected chi connectivity index (χ1v) is 5.93. The molecule has 6 heteroatoms. The molecule has 0 spiro atoms. The molecule has 0 aliphatic carbocycles. The number of hydrogen-bond acceptors (Lipinski definition) is 4. The number of thioether (sulfide) groups is 1. The van der Waals surface area contributed by atoms with Crippen molar-refractivity contribution < 1.29 is 19.5 Å². The second-order valence-corrected chi connectivity index (χ2v) is 5.93. The van der Waals surface area contributed by atoms with E-state index in [-0.39, 0.29) is 18.2 Å². The summed E-state index contributed by atoms with van der Waals surface area (Å²) in [5.41, 5.74) is 0. The Bertz CT molecular complexity index is 340. The number of amides is 2. The molecule has 1 aliphatic rings. The fourth-order valence-corrected chi connectivity index (χ4v) is 2.75. The zero-order chi connectivity index (χ0) is 12.5. The largest absolute Gasteiger partial charge is 0.480 e. The number of aliphatic carboxylic acids is 1. The van der Waals surface area contributed by atoms with Gasteiger partial charge in [0.1, 0.15) is 4.75 Å². The van der Waals surface area contributed by atoms with Gasteiger partial charge in [0, 0.05) is 13.0 Å². The van der Waals surface area contributed by atoms with Crippen LogP contribution in [-0.4, -0.2) is 44.3 Å². The van der Waals surface area contributed by atoms with Gasteiger partial charge in [0.25, 0.3) is 0 Å². The number of carbonyl (C=O) groups excluding carboxylic acids is 2. The van der Waals surface area contributed by atoms with Gasteiger partial charge in [0.05, 0.1) is 5.25 Å². The molecule has 5 nitrogen and oxygen atoms in total. The van der Waals surface area contributed by atoms with Gasteiger partial charge >= 0.3 is 5.97 Å². The molecule has 2 amide bonds. The second-order valence-electron chi connectivity index (χ2n) is 4.10. The van der Waals surface area contributed by atoms with Gasteiger partial charge in [-0.15, -0.1) is 11.8 Å². The highest BCUT2D eigenvalue weighted by atomic mass is 32.2. The van der Waals surface area contributed by atoms with Crippen LogP contribution in [0.5, 0.6) is 0 Å². The van der Waals surface area contributed by atoms with Crippen LogP contribution in [0.15, 0.2) is 0 Å². The van der Waals surface area contributed by atoms with Crippen LogP contribution in [-0.2, 0) is 14.4 Å². The van der Waals surface area contributed by atoms with Gasteiger partial charge in [-0.1, -0.05) is 0 Å². The minimum absolute atomic E-state index is 0.105. The molecule has 1 saturated heterocycles. The zero-order valence-electron chi connectivity index (χ0n) is 9.52. The molecule has 0 bridgehead atoms. The smallest absolute Gasteiger partial charge is 0.319 e. The lowest BCUT2D eigenvalue weighted by Crippen LogP contribution is -2.34. The van der Waals surface area contributed by atoms with Crippen LogP contribution in [0, 0.1) is 0 Å². The normalized spacial score (nSPS) is 21.7. The van der Waals surface area contributed by atoms with E-state index >= 15 is 0 Å². The van der Waals surface area contributed by atoms with Crippen LogP contribution < -0.4 is 0 Å². The number of rotatable bonds is 4. The predicted octanol–water partition coefficient (Wildman–Crippen LogP) is 0.730. The Kier molecular flexibility index (Phi) is 3.62. The van der Waals surface area contributed by atoms with Crippen molar-refractivity contribution in [2.24, 2.45) is 0 Å². The molecule has 0 radical (unpaired) electrons. The topological polar surface area (TPSA) is 74.7 Å². The lowest BCUT2D eigenvalue weighted by Gasteiger charge is -2.21. The van der Waals surface area contributed by atoms with E-state index in [0.717, 1.165) is 11.8 Å². The van der Waals surface area contributed by atoms with Crippen molar-refractivity contribution >= 4 is 29.5 Å². The second kappa shape index (κ2) is 4.45. The van der Waals surface area contributed by atoms with E-state index in [2.05, 4.69) is 0 Å². The van der Waals surface area contributed by atoms with Crippen LogP contribution in [0.4, 0.5) is 0 Å². The van der Waals surface area contributed by atoms with Gasteiger partial charge < -0.3 is 5.11 Å². The molecule has 90 valence electrons. The standard InChI is InChI=1S/C10H15NO4S/c1-4-11-7(12)5-6(8(11)13)16-10(2,3)9(14)15/h6H,4-5H2,1-3H3,(H,14,15). The highest BCUT2D eigenvalue weighted by Crippen LogP contribution is 2.35. The number of imide groups is 1. The minimum atomic E-state index is -1.05. The summed E-state index contributed by atoms with van der Waals surface area (Å²) in [6, 6.07) is 0. The summed E-state index contributed by atoms with van der Waals surface area (Å²) in [5.74, 6) is -1.47. The maximum Gasteiger partial charge on any atom is 0.319 e. The van der Waals surface area contributed by atoms with E-state index in [4.69, 9.17) is 5.11 Å². The molecule has 1 unspecified atom stereocenters. The molecule has 0 aromatic carbocycles. The minimum Gasteiger partial charge on any atom is -0.480 e. The summed E-state index contributed by atoms with van der Waals surface area (Å²) in [7, 11) is 0. The fourth-order valence-electron chi connectivity index (χ4n) is 1.48. The lowest BCUT2D eigenvalue weighted by atomic mass is 10.2. The number of carbonyl (C=O) groups is 3. The Morgan fingerprint density at radius 3 is 2.50 bits per heavy atom. The van der Waals surface area contributed by atoms with Crippen LogP contribution in [0.3, 0.4) is 0 Å². The highest BCUT2D eigenvalue weighted by molar-refractivity contribution is 8.02. The molecule has 1 fully saturated rings. The molecule has 1 atom stereocenters. The molecule has 1 rings (SSSR count). The maximum atomic E-state index is 11.7. The van der Waals surface area contributed by atoms with Gasteiger partial charge in [0.2, 0.25) is 11.8 Å². The Hall–Kier alpha value is -1.04. The third-order valence-corrected chi connectivity index (χ3v) is 3.89. The van der Waals surface area contributed by atoms with Crippen LogP contribution in [0.2, 0.25) is 0 Å². The Morgan fingerprint density at radius 2 is 2.12 bits per heavy atom. The summed E-state index contributed by atoms with van der Waals surface area (Å²) < 4.78 is -1.05. The summed E-state index contributed by atoms with van der Waals surface area (Å²) in [6.07, 6.45) is 0.105. The monoisotopic (exact) mass is 245 g/mol. The fraction of sp³-hybridized carbons (Fsp3) is 0.700. The van der Waals surface area contributed by atoms with E-state index in [0.29, 0.717) is 6.54 Å². The molecular weight excluding hydrogens is 230 g/mol. The van der Waals surface area contributed by atoms with E-state index < -0.39 is 16.0 Å². The van der Waals surface area contributed by atoms with Crippen molar-refractivity contribution in [3.05, 3.63) is 0 Å². The Morgan fingerprint density at radius 1 is 1.56 bits per heavy atom. The van der Waals surface area contributed by atoms with Crippen molar-refractivity contribution in [3.63, 3.8) is 0 Å². The average molecular weight is 245 g/mol. The third-order valence-electron chi connectivity index (χ3n) is 2.47. The van der Waals surface area contributed by atoms with Crippen molar-refractivity contribution in [1.82, 2.24) is 4.90 Å². The number of likely N-dealkylation sites (tertiary alicyclic amines) is 1. The van der Waals surface area contributed by atoms with Gasteiger partial charge in [-0.2, -0.15) is 0 Å². The summed E-state index contributed by atoms with van der Waals surface area (Å²) >= 11 is 1.04. The first-order valence-electron chi connectivity index (χ1n) is 5.05. The van der Waals surface area contributed by atoms with Gasteiger partial charge in [-0.05, 0) is 20.8 Å². The summed E-state index contributed by atoms with van der Waals surface area (Å²) in [4.78, 5) is 35.3. The number of carboxylic acids is 1. The molecule has 1 N–H and O–H groups in total. The highest BCUT2D eigenvalue weighted by Gasteiger charge is 2.43. The molecule has 0 aromatic heterocycles. The summed E-state index contributed by atoms with van der Waals surface area (Å²) in [6.45, 7) is 5.14. The molecule has 0 aromatic rings. The van der Waals surface area contributed by atoms with Gasteiger partial charge in [-0.3, -0.25) is 19.3 Å². The van der Waals surface area contributed by atoms with Crippen LogP contribution in [0.1, 0.15) is 27.2 Å². The maximum absolute atomic E-state index is 11.7. The molecule has 16 heavy (non-hydrogen) atoms. The van der Waals surface area contributed by atoms with E-state index in [1.165, 1.54) is 18.7 Å². The van der Waals surface area contributed by atoms with Crippen LogP contribution >= 0.6 is 11.8 Å². The molecule has 1 aliphatic heterocycles. The van der Waals surface area contributed by atoms with E-state index in [1.807, 2.05) is 0 Å². The Balaban J connectivity index is 2.75. The van der Waals surface area contributed by atoms with Gasteiger partial charge in [-0.25, -0.2) is 0 Å². The number of hydrogen-bond donors (Lipinski definition) is 1. The summed E-state index contributed by atoms with van der Waals surface area (Å²) in [5, 5.41) is 8.39. The Labute approximate surface area is 98.2 Å². The lowest BCUT2D eigenvalue weighted by molar-refractivity contribution is -0.139. The SMILES string of the molecule is CCN1C(=O)CC(SC(C)(C)C(=O)O)C1=O. The average Bonchev–Trinajstić information content (AvgIpc) is 2.41. The molecule has 1 heterocycles. The number of carboxylic acid groups (broad SMARTS) is 1. The first kappa shape index (κ1) is 13.0. The van der Waals surface area contributed by atoms with E-state index in [1.54, 1.807) is 6.92 Å².